The highest BCUT2D eigenvalue weighted by Gasteiger charge is 2.53. The first-order chi connectivity index (χ1) is 20.1. The van der Waals surface area contributed by atoms with Crippen LogP contribution in [0.4, 0.5) is 4.79 Å². The van der Waals surface area contributed by atoms with E-state index in [0.29, 0.717) is 38.2 Å². The minimum atomic E-state index is -1.02. The van der Waals surface area contributed by atoms with Crippen molar-refractivity contribution in [2.75, 3.05) is 26.9 Å². The van der Waals surface area contributed by atoms with E-state index in [4.69, 9.17) is 19.0 Å². The van der Waals surface area contributed by atoms with Gasteiger partial charge in [0.15, 0.2) is 0 Å². The molecule has 5 rings (SSSR count). The normalized spacial score (nSPS) is 25.5. The Morgan fingerprint density at radius 1 is 1.17 bits per heavy atom. The van der Waals surface area contributed by atoms with Gasteiger partial charge in [-0.25, -0.2) is 4.79 Å². The number of methoxy groups -OCH3 is 1. The van der Waals surface area contributed by atoms with Gasteiger partial charge in [-0.2, -0.15) is 0 Å². The lowest BCUT2D eigenvalue weighted by Gasteiger charge is -2.26. The number of aryl methyl sites for hydroxylation is 2. The van der Waals surface area contributed by atoms with Gasteiger partial charge in [-0.1, -0.05) is 13.3 Å². The van der Waals surface area contributed by atoms with E-state index in [1.165, 1.54) is 4.90 Å². The second-order valence-electron chi connectivity index (χ2n) is 11.6. The van der Waals surface area contributed by atoms with Crippen LogP contribution in [0.2, 0.25) is 0 Å². The molecule has 1 aromatic rings. The molecule has 0 unspecified atom stereocenters. The first-order valence-electron chi connectivity index (χ1n) is 14.7. The van der Waals surface area contributed by atoms with E-state index in [-0.39, 0.29) is 19.0 Å². The van der Waals surface area contributed by atoms with E-state index in [2.05, 4.69) is 16.1 Å². The van der Waals surface area contributed by atoms with Crippen LogP contribution in [0, 0.1) is 13.8 Å². The van der Waals surface area contributed by atoms with Gasteiger partial charge in [-0.3, -0.25) is 29.6 Å². The van der Waals surface area contributed by atoms with Crippen LogP contribution >= 0.6 is 0 Å². The Hall–Kier alpha value is -3.64. The molecule has 4 atom stereocenters. The molecular weight excluding hydrogens is 544 g/mol. The zero-order chi connectivity index (χ0) is 30.0. The Kier molecular flexibility index (Phi) is 8.74. The monoisotopic (exact) mass is 584 g/mol. The van der Waals surface area contributed by atoms with Crippen LogP contribution in [0.3, 0.4) is 0 Å². The summed E-state index contributed by atoms with van der Waals surface area (Å²) in [6.45, 7) is 6.63. The maximum Gasteiger partial charge on any atom is 0.410 e. The van der Waals surface area contributed by atoms with E-state index in [1.807, 2.05) is 39.0 Å². The van der Waals surface area contributed by atoms with Crippen molar-refractivity contribution in [1.82, 2.24) is 21.0 Å². The summed E-state index contributed by atoms with van der Waals surface area (Å²) in [5, 5.41) is 5.45. The van der Waals surface area contributed by atoms with Gasteiger partial charge in [-0.15, -0.1) is 0 Å². The number of carbonyl (C=O) groups is 4. The van der Waals surface area contributed by atoms with Gasteiger partial charge in [0.05, 0.1) is 38.6 Å². The molecule has 12 nitrogen and oxygen atoms in total. The van der Waals surface area contributed by atoms with E-state index in [1.54, 1.807) is 7.11 Å². The molecular formula is C30H40N4O8. The number of benzene rings is 1. The third-order valence-corrected chi connectivity index (χ3v) is 8.14. The van der Waals surface area contributed by atoms with E-state index >= 15 is 0 Å². The zero-order valence-electron chi connectivity index (χ0n) is 24.6. The summed E-state index contributed by atoms with van der Waals surface area (Å²) in [6.07, 6.45) is 4.08. The molecule has 4 aliphatic rings. The number of Topliss-reactive ketones (excluding diaryl/α,β-unsaturated/α-hetero) is 1. The van der Waals surface area contributed by atoms with Crippen LogP contribution in [-0.2, 0) is 28.7 Å². The van der Waals surface area contributed by atoms with Crippen molar-refractivity contribution in [3.63, 3.8) is 0 Å². The fraction of sp³-hybridized carbons (Fsp3) is 0.600. The Bertz CT molecular complexity index is 1250. The molecule has 3 fully saturated rings. The highest BCUT2D eigenvalue weighted by atomic mass is 16.7. The van der Waals surface area contributed by atoms with Crippen molar-refractivity contribution >= 4 is 29.4 Å². The Labute approximate surface area is 245 Å². The molecule has 1 saturated carbocycles. The average Bonchev–Trinajstić information content (AvgIpc) is 3.32. The van der Waals surface area contributed by atoms with Crippen molar-refractivity contribution in [2.24, 2.45) is 0 Å². The zero-order valence-corrected chi connectivity index (χ0v) is 24.6. The molecule has 228 valence electrons. The predicted molar refractivity (Wildman–Crippen MR) is 151 cm³/mol. The van der Waals surface area contributed by atoms with Gasteiger partial charge >= 0.3 is 6.09 Å². The molecule has 3 amide bonds. The number of carbonyl (C=O) groups excluding carboxylic acids is 4. The van der Waals surface area contributed by atoms with Crippen molar-refractivity contribution < 1.29 is 38.2 Å². The van der Waals surface area contributed by atoms with E-state index in [0.717, 1.165) is 35.3 Å². The molecule has 0 aromatic heterocycles. The first-order valence-corrected chi connectivity index (χ1v) is 14.7. The molecule has 1 aromatic carbocycles. The smallest absolute Gasteiger partial charge is 0.410 e. The quantitative estimate of drug-likeness (QED) is 0.352. The lowest BCUT2D eigenvalue weighted by atomic mass is 9.96. The van der Waals surface area contributed by atoms with E-state index in [9.17, 15) is 19.2 Å². The summed E-state index contributed by atoms with van der Waals surface area (Å²) in [5.74, 6) is -1.12. The van der Waals surface area contributed by atoms with Crippen LogP contribution in [-0.4, -0.2) is 85.3 Å². The molecule has 1 aliphatic carbocycles. The van der Waals surface area contributed by atoms with Gasteiger partial charge in [-0.05, 0) is 62.4 Å². The molecule has 2 saturated heterocycles. The third kappa shape index (κ3) is 6.39. The van der Waals surface area contributed by atoms with Gasteiger partial charge in [0.1, 0.15) is 23.5 Å². The summed E-state index contributed by atoms with van der Waals surface area (Å²) in [5.41, 5.74) is 5.48. The number of nitrogens with zero attached hydrogens (tertiary/aromatic N) is 1. The Balaban J connectivity index is 1.37. The molecule has 0 radical (unpaired) electrons. The largest absolute Gasteiger partial charge is 0.496 e. The lowest BCUT2D eigenvalue weighted by molar-refractivity contribution is -0.140. The number of ether oxygens (including phenoxy) is 3. The number of nitrogens with one attached hydrogen (secondary N) is 3. The molecule has 42 heavy (non-hydrogen) atoms. The van der Waals surface area contributed by atoms with Crippen molar-refractivity contribution in [2.45, 2.75) is 89.1 Å². The number of hydrogen-bond donors (Lipinski definition) is 3. The highest BCUT2D eigenvalue weighted by Crippen LogP contribution is 2.39. The Morgan fingerprint density at radius 2 is 1.90 bits per heavy atom. The van der Waals surface area contributed by atoms with Gasteiger partial charge < -0.3 is 24.8 Å². The standard InChI is InChI=1S/C30H40N4O8/c1-5-6-22(25(35)28(37)31-20-7-8-20)32-27(36)24-14-30(16-34(24)29(38)41-21-9-10-40-15-21)13-23(33-42-30)19-11-17(2)26(39-4)18(3)12-19/h11-13,20-22,24,33H,5-10,14-16H2,1-4H3,(H,31,37)(H,32,36)/t21-,22-,24-,30+/m0/s1. The van der Waals surface area contributed by atoms with Crippen molar-refractivity contribution in [1.29, 1.82) is 0 Å². The van der Waals surface area contributed by atoms with Crippen LogP contribution in [0.15, 0.2) is 18.2 Å². The first kappa shape index (κ1) is 29.8. The topological polar surface area (TPSA) is 145 Å². The summed E-state index contributed by atoms with van der Waals surface area (Å²) in [7, 11) is 1.63. The predicted octanol–water partition coefficient (Wildman–Crippen LogP) is 2.06. The molecule has 0 bridgehead atoms. The average molecular weight is 585 g/mol. The minimum absolute atomic E-state index is 0.0187. The molecule has 12 heteroatoms. The number of amides is 3. The van der Waals surface area contributed by atoms with Gasteiger partial charge in [0.2, 0.25) is 11.7 Å². The number of rotatable bonds is 10. The summed E-state index contributed by atoms with van der Waals surface area (Å²) in [6, 6.07) is 1.98. The van der Waals surface area contributed by atoms with Crippen LogP contribution in [0.5, 0.6) is 5.75 Å². The molecule has 3 N–H and O–H groups in total. The lowest BCUT2D eigenvalue weighted by Crippen LogP contribution is -2.53. The Morgan fingerprint density at radius 3 is 2.52 bits per heavy atom. The van der Waals surface area contributed by atoms with Crippen LogP contribution in [0.1, 0.15) is 62.1 Å². The SMILES string of the molecule is CCC[C@H](NC(=O)[C@@H]1C[C@]2(C=C(c3cc(C)c(OC)c(C)c3)NO2)CN1C(=O)O[C@H]1CCOC1)C(=O)C(=O)NC1CC1. The number of likely N-dealkylation sites (tertiary alicyclic amines) is 1. The van der Waals surface area contributed by atoms with Crippen LogP contribution in [0.25, 0.3) is 5.70 Å². The number of ketones is 1. The van der Waals surface area contributed by atoms with Gasteiger partial charge in [0.25, 0.3) is 5.91 Å². The maximum atomic E-state index is 13.7. The second kappa shape index (κ2) is 12.3. The molecule has 1 spiro atoms. The number of hydroxylamine groups is 1. The number of hydrogen-bond acceptors (Lipinski definition) is 9. The maximum absolute atomic E-state index is 13.7. The molecule has 3 heterocycles. The fourth-order valence-corrected chi connectivity index (χ4v) is 5.84. The third-order valence-electron chi connectivity index (χ3n) is 8.14. The second-order valence-corrected chi connectivity index (χ2v) is 11.6. The summed E-state index contributed by atoms with van der Waals surface area (Å²) >= 11 is 0. The van der Waals surface area contributed by atoms with Gasteiger partial charge in [0, 0.05) is 24.4 Å². The highest BCUT2D eigenvalue weighted by molar-refractivity contribution is 6.38. The van der Waals surface area contributed by atoms with Crippen molar-refractivity contribution in [3.05, 3.63) is 34.9 Å². The molecule has 3 aliphatic heterocycles. The van der Waals surface area contributed by atoms with Crippen LogP contribution < -0.4 is 20.9 Å². The fourth-order valence-electron chi connectivity index (χ4n) is 5.84. The summed E-state index contributed by atoms with van der Waals surface area (Å²) in [4.78, 5) is 59.9. The summed E-state index contributed by atoms with van der Waals surface area (Å²) < 4.78 is 16.5. The van der Waals surface area contributed by atoms with E-state index < -0.39 is 47.5 Å². The minimum Gasteiger partial charge on any atom is -0.496 e. The van der Waals surface area contributed by atoms with Crippen molar-refractivity contribution in [3.8, 4) is 5.75 Å².